The lowest BCUT2D eigenvalue weighted by Crippen LogP contribution is -1.96. The minimum absolute atomic E-state index is 0.0853. The van der Waals surface area contributed by atoms with Crippen LogP contribution >= 0.6 is 0 Å². The SMILES string of the molecule is O=C1/C(=C/c2ccccc2)Cc2cc3c(cc21)OCO3. The molecule has 2 aromatic rings. The zero-order chi connectivity index (χ0) is 13.5. The molecule has 0 N–H and O–H groups in total. The van der Waals surface area contributed by atoms with Crippen LogP contribution in [0.15, 0.2) is 48.0 Å². The Morgan fingerprint density at radius 3 is 2.55 bits per heavy atom. The molecule has 3 heteroatoms. The number of hydrogen-bond acceptors (Lipinski definition) is 3. The van der Waals surface area contributed by atoms with Crippen LogP contribution in [-0.4, -0.2) is 12.6 Å². The second-order valence-corrected chi connectivity index (χ2v) is 4.95. The molecule has 0 amide bonds. The minimum atomic E-state index is 0.0853. The summed E-state index contributed by atoms with van der Waals surface area (Å²) in [7, 11) is 0. The molecule has 0 radical (unpaired) electrons. The van der Waals surface area contributed by atoms with Crippen molar-refractivity contribution in [2.45, 2.75) is 6.42 Å². The van der Waals surface area contributed by atoms with Crippen molar-refractivity contribution in [1.29, 1.82) is 0 Å². The summed E-state index contributed by atoms with van der Waals surface area (Å²) < 4.78 is 10.7. The average molecular weight is 264 g/mol. The van der Waals surface area contributed by atoms with Gasteiger partial charge in [-0.3, -0.25) is 4.79 Å². The van der Waals surface area contributed by atoms with Gasteiger partial charge < -0.3 is 9.47 Å². The van der Waals surface area contributed by atoms with Crippen LogP contribution in [0.3, 0.4) is 0 Å². The lowest BCUT2D eigenvalue weighted by Gasteiger charge is -1.99. The lowest BCUT2D eigenvalue weighted by atomic mass is 10.1. The smallest absolute Gasteiger partial charge is 0.231 e. The van der Waals surface area contributed by atoms with Crippen LogP contribution in [0.4, 0.5) is 0 Å². The Bertz CT molecular complexity index is 729. The van der Waals surface area contributed by atoms with Crippen molar-refractivity contribution >= 4 is 11.9 Å². The van der Waals surface area contributed by atoms with Crippen molar-refractivity contribution in [3.05, 3.63) is 64.7 Å². The molecule has 4 rings (SSSR count). The van der Waals surface area contributed by atoms with Crippen LogP contribution in [0, 0.1) is 0 Å². The van der Waals surface area contributed by atoms with Gasteiger partial charge in [-0.2, -0.15) is 0 Å². The highest BCUT2D eigenvalue weighted by atomic mass is 16.7. The molecule has 98 valence electrons. The second kappa shape index (κ2) is 4.23. The molecule has 0 bridgehead atoms. The monoisotopic (exact) mass is 264 g/mol. The van der Waals surface area contributed by atoms with Crippen LogP contribution in [0.2, 0.25) is 0 Å². The van der Waals surface area contributed by atoms with Crippen LogP contribution in [0.25, 0.3) is 6.08 Å². The van der Waals surface area contributed by atoms with E-state index >= 15 is 0 Å². The number of ether oxygens (including phenoxy) is 2. The molecular formula is C17H12O3. The topological polar surface area (TPSA) is 35.5 Å². The molecule has 1 heterocycles. The maximum atomic E-state index is 12.4. The third kappa shape index (κ3) is 1.71. The van der Waals surface area contributed by atoms with E-state index in [-0.39, 0.29) is 12.6 Å². The second-order valence-electron chi connectivity index (χ2n) is 4.95. The number of hydrogen-bond donors (Lipinski definition) is 0. The third-order valence-electron chi connectivity index (χ3n) is 3.66. The minimum Gasteiger partial charge on any atom is -0.454 e. The van der Waals surface area contributed by atoms with Crippen molar-refractivity contribution in [1.82, 2.24) is 0 Å². The van der Waals surface area contributed by atoms with Crippen molar-refractivity contribution in [2.75, 3.05) is 6.79 Å². The molecule has 1 aliphatic carbocycles. The summed E-state index contributed by atoms with van der Waals surface area (Å²) in [6.45, 7) is 0.235. The van der Waals surface area contributed by atoms with Crippen molar-refractivity contribution in [3.63, 3.8) is 0 Å². The quantitative estimate of drug-likeness (QED) is 0.742. The van der Waals surface area contributed by atoms with Gasteiger partial charge in [0.1, 0.15) is 0 Å². The van der Waals surface area contributed by atoms with E-state index in [9.17, 15) is 4.79 Å². The molecule has 2 aliphatic rings. The molecule has 0 saturated carbocycles. The molecule has 3 nitrogen and oxygen atoms in total. The number of rotatable bonds is 1. The standard InChI is InChI=1S/C17H12O3/c18-17-13(6-11-4-2-1-3-5-11)7-12-8-15-16(9-14(12)17)20-10-19-15/h1-6,8-9H,7,10H2/b13-6+. The highest BCUT2D eigenvalue weighted by molar-refractivity contribution is 6.15. The fraction of sp³-hybridized carbons (Fsp3) is 0.118. The summed E-state index contributed by atoms with van der Waals surface area (Å²) >= 11 is 0. The predicted molar refractivity (Wildman–Crippen MR) is 75.0 cm³/mol. The normalized spacial score (nSPS) is 17.6. The Hall–Kier alpha value is -2.55. The number of benzene rings is 2. The fourth-order valence-electron chi connectivity index (χ4n) is 2.67. The van der Waals surface area contributed by atoms with E-state index < -0.39 is 0 Å². The number of ketones is 1. The average Bonchev–Trinajstić information content (AvgIpc) is 3.03. The van der Waals surface area contributed by atoms with Gasteiger partial charge in [0.05, 0.1) is 0 Å². The van der Waals surface area contributed by atoms with E-state index in [4.69, 9.17) is 9.47 Å². The van der Waals surface area contributed by atoms with Gasteiger partial charge in [-0.15, -0.1) is 0 Å². The van der Waals surface area contributed by atoms with Gasteiger partial charge in [0, 0.05) is 17.6 Å². The van der Waals surface area contributed by atoms with Gasteiger partial charge in [-0.05, 0) is 29.3 Å². The summed E-state index contributed by atoms with van der Waals surface area (Å²) in [5.41, 5.74) is 3.61. The molecule has 0 fully saturated rings. The molecule has 0 atom stereocenters. The highest BCUT2D eigenvalue weighted by Gasteiger charge is 2.28. The third-order valence-corrected chi connectivity index (χ3v) is 3.66. The van der Waals surface area contributed by atoms with Crippen LogP contribution in [0.1, 0.15) is 21.5 Å². The van der Waals surface area contributed by atoms with Crippen LogP contribution in [-0.2, 0) is 6.42 Å². The van der Waals surface area contributed by atoms with E-state index in [1.54, 1.807) is 6.07 Å². The van der Waals surface area contributed by atoms with E-state index in [1.165, 1.54) is 0 Å². The van der Waals surface area contributed by atoms with Crippen molar-refractivity contribution < 1.29 is 14.3 Å². The number of Topliss-reactive ketones (excluding diaryl/α,β-unsaturated/α-hetero) is 1. The van der Waals surface area contributed by atoms with Gasteiger partial charge in [-0.25, -0.2) is 0 Å². The van der Waals surface area contributed by atoms with E-state index in [0.717, 1.165) is 28.0 Å². The number of carbonyl (C=O) groups excluding carboxylic acids is 1. The van der Waals surface area contributed by atoms with E-state index in [2.05, 4.69) is 0 Å². The summed E-state index contributed by atoms with van der Waals surface area (Å²) in [5, 5.41) is 0. The number of fused-ring (bicyclic) bond motifs is 2. The Labute approximate surface area is 116 Å². The highest BCUT2D eigenvalue weighted by Crippen LogP contribution is 2.39. The van der Waals surface area contributed by atoms with Gasteiger partial charge in [0.25, 0.3) is 0 Å². The van der Waals surface area contributed by atoms with Gasteiger partial charge in [-0.1, -0.05) is 30.3 Å². The zero-order valence-electron chi connectivity index (χ0n) is 10.8. The first-order chi connectivity index (χ1) is 9.81. The molecule has 2 aromatic carbocycles. The molecule has 20 heavy (non-hydrogen) atoms. The molecular weight excluding hydrogens is 252 g/mol. The maximum Gasteiger partial charge on any atom is 0.231 e. The van der Waals surface area contributed by atoms with Gasteiger partial charge in [0.15, 0.2) is 17.3 Å². The first-order valence-electron chi connectivity index (χ1n) is 6.54. The predicted octanol–water partition coefficient (Wildman–Crippen LogP) is 3.24. The number of carbonyl (C=O) groups is 1. The lowest BCUT2D eigenvalue weighted by molar-refractivity contribution is 0.104. The first kappa shape index (κ1) is 11.3. The summed E-state index contributed by atoms with van der Waals surface area (Å²) in [6, 6.07) is 13.6. The fourth-order valence-corrected chi connectivity index (χ4v) is 2.67. The van der Waals surface area contributed by atoms with Crippen molar-refractivity contribution in [3.8, 4) is 11.5 Å². The van der Waals surface area contributed by atoms with Crippen molar-refractivity contribution in [2.24, 2.45) is 0 Å². The Kier molecular flexibility index (Phi) is 2.39. The van der Waals surface area contributed by atoms with E-state index in [1.807, 2.05) is 42.5 Å². The van der Waals surface area contributed by atoms with E-state index in [0.29, 0.717) is 12.2 Å². The maximum absolute atomic E-state index is 12.4. The van der Waals surface area contributed by atoms with Gasteiger partial charge in [0.2, 0.25) is 6.79 Å². The molecule has 0 spiro atoms. The Morgan fingerprint density at radius 2 is 1.75 bits per heavy atom. The summed E-state index contributed by atoms with van der Waals surface area (Å²) in [6.07, 6.45) is 2.61. The first-order valence-corrected chi connectivity index (χ1v) is 6.54. The largest absolute Gasteiger partial charge is 0.454 e. The zero-order valence-corrected chi connectivity index (χ0v) is 10.8. The summed E-state index contributed by atoms with van der Waals surface area (Å²) in [4.78, 5) is 12.4. The van der Waals surface area contributed by atoms with Crippen LogP contribution < -0.4 is 9.47 Å². The number of allylic oxidation sites excluding steroid dienone is 1. The Morgan fingerprint density at radius 1 is 1.00 bits per heavy atom. The molecule has 0 saturated heterocycles. The molecule has 0 aromatic heterocycles. The Balaban J connectivity index is 1.74. The van der Waals surface area contributed by atoms with Gasteiger partial charge >= 0.3 is 0 Å². The van der Waals surface area contributed by atoms with Crippen LogP contribution in [0.5, 0.6) is 11.5 Å². The molecule has 1 aliphatic heterocycles. The molecule has 0 unspecified atom stereocenters. The summed E-state index contributed by atoms with van der Waals surface area (Å²) in [5.74, 6) is 1.48.